The summed E-state index contributed by atoms with van der Waals surface area (Å²) in [5, 5.41) is 7.80. The second-order valence-electron chi connectivity index (χ2n) is 5.34. The van der Waals surface area contributed by atoms with Gasteiger partial charge in [-0.15, -0.1) is 0 Å². The van der Waals surface area contributed by atoms with Crippen molar-refractivity contribution in [1.82, 2.24) is 19.7 Å². The van der Waals surface area contributed by atoms with Crippen LogP contribution in [-0.4, -0.2) is 19.7 Å². The van der Waals surface area contributed by atoms with Crippen LogP contribution in [0, 0.1) is 6.92 Å². The van der Waals surface area contributed by atoms with Crippen LogP contribution in [0.4, 0.5) is 5.82 Å². The highest BCUT2D eigenvalue weighted by Gasteiger charge is 2.12. The summed E-state index contributed by atoms with van der Waals surface area (Å²) in [5.74, 6) is 1.53. The van der Waals surface area contributed by atoms with Gasteiger partial charge < -0.3 is 5.32 Å². The summed E-state index contributed by atoms with van der Waals surface area (Å²) in [4.78, 5) is 8.94. The number of benzene rings is 1. The fourth-order valence-electron chi connectivity index (χ4n) is 2.51. The Morgan fingerprint density at radius 1 is 1.14 bits per heavy atom. The average Bonchev–Trinajstić information content (AvgIpc) is 2.87. The Morgan fingerprint density at radius 2 is 1.91 bits per heavy atom. The monoisotopic (exact) mass is 293 g/mol. The number of anilines is 1. The second-order valence-corrected chi connectivity index (χ2v) is 5.34. The molecule has 0 radical (unpaired) electrons. The lowest BCUT2D eigenvalue weighted by atomic mass is 10.1. The molecule has 5 heteroatoms. The maximum atomic E-state index is 4.60. The highest BCUT2D eigenvalue weighted by atomic mass is 15.3. The molecule has 0 amide bonds. The minimum atomic E-state index is 0.132. The molecule has 2 aromatic heterocycles. The van der Waals surface area contributed by atoms with Crippen LogP contribution in [-0.2, 0) is 7.05 Å². The van der Waals surface area contributed by atoms with Crippen LogP contribution < -0.4 is 5.32 Å². The lowest BCUT2D eigenvalue weighted by molar-refractivity contribution is 0.756. The van der Waals surface area contributed by atoms with Gasteiger partial charge >= 0.3 is 0 Å². The molecule has 0 fully saturated rings. The van der Waals surface area contributed by atoms with Crippen LogP contribution in [0.15, 0.2) is 48.8 Å². The first kappa shape index (κ1) is 14.3. The number of aryl methyl sites for hydroxylation is 2. The molecule has 3 rings (SSSR count). The third-order valence-electron chi connectivity index (χ3n) is 3.57. The molecule has 0 saturated carbocycles. The molecule has 1 aromatic carbocycles. The molecule has 0 aliphatic rings. The smallest absolute Gasteiger partial charge is 0.161 e. The Bertz CT molecular complexity index is 764. The summed E-state index contributed by atoms with van der Waals surface area (Å²) in [6.07, 6.45) is 3.81. The van der Waals surface area contributed by atoms with Gasteiger partial charge in [0.05, 0.1) is 11.7 Å². The molecule has 5 nitrogen and oxygen atoms in total. The van der Waals surface area contributed by atoms with Gasteiger partial charge in [0.1, 0.15) is 5.82 Å². The van der Waals surface area contributed by atoms with Crippen molar-refractivity contribution in [3.05, 3.63) is 60.0 Å². The third-order valence-corrected chi connectivity index (χ3v) is 3.57. The van der Waals surface area contributed by atoms with Crippen molar-refractivity contribution in [2.75, 3.05) is 5.32 Å². The highest BCUT2D eigenvalue weighted by Crippen LogP contribution is 2.21. The van der Waals surface area contributed by atoms with Crippen molar-refractivity contribution in [3.8, 4) is 11.4 Å². The van der Waals surface area contributed by atoms with E-state index >= 15 is 0 Å². The van der Waals surface area contributed by atoms with E-state index in [-0.39, 0.29) is 6.04 Å². The van der Waals surface area contributed by atoms with Gasteiger partial charge in [0.15, 0.2) is 5.82 Å². The summed E-state index contributed by atoms with van der Waals surface area (Å²) in [5.41, 5.74) is 3.21. The molecule has 1 atom stereocenters. The van der Waals surface area contributed by atoms with Crippen LogP contribution in [0.5, 0.6) is 0 Å². The van der Waals surface area contributed by atoms with Gasteiger partial charge in [-0.25, -0.2) is 9.97 Å². The van der Waals surface area contributed by atoms with Crippen LogP contribution in [0.3, 0.4) is 0 Å². The van der Waals surface area contributed by atoms with E-state index in [2.05, 4.69) is 27.3 Å². The number of nitrogens with one attached hydrogen (secondary N) is 1. The normalized spacial score (nSPS) is 12.1. The SMILES string of the molecule is Cc1nn(C)cc1[C@H](C)Nc1ccnc(-c2ccccc2)n1. The first-order valence-corrected chi connectivity index (χ1v) is 7.28. The number of hydrogen-bond acceptors (Lipinski definition) is 4. The molecule has 22 heavy (non-hydrogen) atoms. The van der Waals surface area contributed by atoms with Gasteiger partial charge in [0, 0.05) is 30.6 Å². The Balaban J connectivity index is 1.83. The predicted molar refractivity (Wildman–Crippen MR) is 87.5 cm³/mol. The van der Waals surface area contributed by atoms with Gasteiger partial charge in [-0.05, 0) is 19.9 Å². The Labute approximate surface area is 130 Å². The Morgan fingerprint density at radius 3 is 2.59 bits per heavy atom. The molecular weight excluding hydrogens is 274 g/mol. The molecule has 112 valence electrons. The maximum absolute atomic E-state index is 4.60. The van der Waals surface area contributed by atoms with Crippen LogP contribution in [0.25, 0.3) is 11.4 Å². The largest absolute Gasteiger partial charge is 0.363 e. The highest BCUT2D eigenvalue weighted by molar-refractivity contribution is 5.56. The Kier molecular flexibility index (Phi) is 3.87. The summed E-state index contributed by atoms with van der Waals surface area (Å²) in [7, 11) is 1.93. The molecule has 1 N–H and O–H groups in total. The van der Waals surface area contributed by atoms with Crippen molar-refractivity contribution >= 4 is 5.82 Å². The predicted octanol–water partition coefficient (Wildman–Crippen LogP) is 3.36. The van der Waals surface area contributed by atoms with Crippen LogP contribution in [0.1, 0.15) is 24.2 Å². The van der Waals surface area contributed by atoms with E-state index in [1.165, 1.54) is 5.56 Å². The lowest BCUT2D eigenvalue weighted by Gasteiger charge is -2.14. The molecule has 0 saturated heterocycles. The van der Waals surface area contributed by atoms with E-state index < -0.39 is 0 Å². The summed E-state index contributed by atoms with van der Waals surface area (Å²) in [6.45, 7) is 4.12. The van der Waals surface area contributed by atoms with E-state index in [9.17, 15) is 0 Å². The van der Waals surface area contributed by atoms with Gasteiger partial charge in [-0.3, -0.25) is 4.68 Å². The zero-order valence-electron chi connectivity index (χ0n) is 13.0. The van der Waals surface area contributed by atoms with Crippen molar-refractivity contribution in [3.63, 3.8) is 0 Å². The number of nitrogens with zero attached hydrogens (tertiary/aromatic N) is 4. The minimum Gasteiger partial charge on any atom is -0.363 e. The van der Waals surface area contributed by atoms with Gasteiger partial charge in [-0.1, -0.05) is 30.3 Å². The van der Waals surface area contributed by atoms with E-state index in [1.807, 2.05) is 61.2 Å². The van der Waals surface area contributed by atoms with Gasteiger partial charge in [0.2, 0.25) is 0 Å². The third kappa shape index (κ3) is 2.98. The van der Waals surface area contributed by atoms with E-state index in [4.69, 9.17) is 0 Å². The zero-order chi connectivity index (χ0) is 15.5. The van der Waals surface area contributed by atoms with Crippen molar-refractivity contribution < 1.29 is 0 Å². The fourth-order valence-corrected chi connectivity index (χ4v) is 2.51. The minimum absolute atomic E-state index is 0.132. The first-order chi connectivity index (χ1) is 10.6. The van der Waals surface area contributed by atoms with Crippen molar-refractivity contribution in [2.45, 2.75) is 19.9 Å². The van der Waals surface area contributed by atoms with Crippen molar-refractivity contribution in [1.29, 1.82) is 0 Å². The molecule has 2 heterocycles. The molecule has 0 spiro atoms. The van der Waals surface area contributed by atoms with Gasteiger partial charge in [-0.2, -0.15) is 5.10 Å². The summed E-state index contributed by atoms with van der Waals surface area (Å²) < 4.78 is 1.83. The van der Waals surface area contributed by atoms with Crippen LogP contribution in [0.2, 0.25) is 0 Å². The second kappa shape index (κ2) is 5.97. The zero-order valence-corrected chi connectivity index (χ0v) is 13.0. The fraction of sp³-hybridized carbons (Fsp3) is 0.235. The molecule has 0 bridgehead atoms. The van der Waals surface area contributed by atoms with E-state index in [1.54, 1.807) is 6.20 Å². The number of aromatic nitrogens is 4. The molecule has 3 aromatic rings. The quantitative estimate of drug-likeness (QED) is 0.801. The van der Waals surface area contributed by atoms with Crippen LogP contribution >= 0.6 is 0 Å². The Hall–Kier alpha value is -2.69. The topological polar surface area (TPSA) is 55.6 Å². The maximum Gasteiger partial charge on any atom is 0.161 e. The first-order valence-electron chi connectivity index (χ1n) is 7.28. The number of hydrogen-bond donors (Lipinski definition) is 1. The summed E-state index contributed by atoms with van der Waals surface area (Å²) >= 11 is 0. The summed E-state index contributed by atoms with van der Waals surface area (Å²) in [6, 6.07) is 12.0. The van der Waals surface area contributed by atoms with E-state index in [0.717, 1.165) is 22.9 Å². The molecule has 0 unspecified atom stereocenters. The lowest BCUT2D eigenvalue weighted by Crippen LogP contribution is -2.09. The van der Waals surface area contributed by atoms with Crippen molar-refractivity contribution in [2.24, 2.45) is 7.05 Å². The standard InChI is InChI=1S/C17H19N5/c1-12(15-11-22(3)21-13(15)2)19-16-9-10-18-17(20-16)14-7-5-4-6-8-14/h4-12H,1-3H3,(H,18,19,20)/t12-/m0/s1. The van der Waals surface area contributed by atoms with Gasteiger partial charge in [0.25, 0.3) is 0 Å². The van der Waals surface area contributed by atoms with E-state index in [0.29, 0.717) is 0 Å². The molecular formula is C17H19N5. The molecule has 0 aliphatic carbocycles. The average molecular weight is 293 g/mol. The number of rotatable bonds is 4. The molecule has 0 aliphatic heterocycles.